The Morgan fingerprint density at radius 3 is 2.58 bits per heavy atom. The van der Waals surface area contributed by atoms with E-state index < -0.39 is 0 Å². The van der Waals surface area contributed by atoms with E-state index in [2.05, 4.69) is 68.5 Å². The molecule has 1 unspecified atom stereocenters. The molecule has 198 valence electrons. The number of nitrogens with zero attached hydrogens (tertiary/aromatic N) is 2. The highest BCUT2D eigenvalue weighted by Gasteiger charge is 2.38. The van der Waals surface area contributed by atoms with Crippen LogP contribution in [-0.2, 0) is 4.79 Å². The summed E-state index contributed by atoms with van der Waals surface area (Å²) in [5, 5.41) is 0. The van der Waals surface area contributed by atoms with Gasteiger partial charge in [0.25, 0.3) is 0 Å². The quantitative estimate of drug-likeness (QED) is 0.181. The van der Waals surface area contributed by atoms with Crippen LogP contribution in [0.15, 0.2) is 29.8 Å². The molecule has 0 bridgehead atoms. The van der Waals surface area contributed by atoms with Crippen LogP contribution in [-0.4, -0.2) is 54.7 Å². The normalized spacial score (nSPS) is 20.6. The van der Waals surface area contributed by atoms with E-state index in [9.17, 15) is 4.79 Å². The summed E-state index contributed by atoms with van der Waals surface area (Å²) in [6.45, 7) is 14.0. The molecule has 2 aliphatic heterocycles. The molecule has 1 aromatic rings. The van der Waals surface area contributed by atoms with Crippen LogP contribution in [0.2, 0.25) is 0 Å². The molecule has 0 aliphatic carbocycles. The van der Waals surface area contributed by atoms with Crippen LogP contribution >= 0.6 is 0 Å². The van der Waals surface area contributed by atoms with Gasteiger partial charge in [0.2, 0.25) is 12.7 Å². The third-order valence-electron chi connectivity index (χ3n) is 7.50. The van der Waals surface area contributed by atoms with Crippen molar-refractivity contribution in [1.82, 2.24) is 9.80 Å². The maximum atomic E-state index is 13.5. The molecule has 36 heavy (non-hydrogen) atoms. The number of benzene rings is 1. The zero-order valence-electron chi connectivity index (χ0n) is 23.1. The van der Waals surface area contributed by atoms with Gasteiger partial charge in [0, 0.05) is 31.1 Å². The molecule has 3 rings (SSSR count). The Morgan fingerprint density at radius 2 is 1.89 bits per heavy atom. The van der Waals surface area contributed by atoms with E-state index >= 15 is 0 Å². The molecule has 1 amide bonds. The summed E-state index contributed by atoms with van der Waals surface area (Å²) >= 11 is 0. The summed E-state index contributed by atoms with van der Waals surface area (Å²) in [4.78, 5) is 18.0. The number of fused-ring (bicyclic) bond motifs is 1. The van der Waals surface area contributed by atoms with Crippen LogP contribution in [0.5, 0.6) is 11.5 Å². The Hall–Kier alpha value is -2.45. The van der Waals surface area contributed by atoms with E-state index in [1.807, 2.05) is 6.07 Å². The molecule has 2 aliphatic rings. The number of hydrogen-bond acceptors (Lipinski definition) is 4. The van der Waals surface area contributed by atoms with E-state index in [-0.39, 0.29) is 24.2 Å². The second-order valence-corrected chi connectivity index (χ2v) is 11.1. The first kappa shape index (κ1) is 28.1. The summed E-state index contributed by atoms with van der Waals surface area (Å²) in [6.07, 6.45) is 15.6. The van der Waals surface area contributed by atoms with Crippen molar-refractivity contribution in [2.24, 2.45) is 5.41 Å². The van der Waals surface area contributed by atoms with Crippen molar-refractivity contribution in [3.63, 3.8) is 0 Å². The predicted molar refractivity (Wildman–Crippen MR) is 147 cm³/mol. The van der Waals surface area contributed by atoms with E-state index in [0.717, 1.165) is 76.1 Å². The molecule has 3 atom stereocenters. The number of amides is 1. The Morgan fingerprint density at radius 1 is 1.17 bits per heavy atom. The predicted octanol–water partition coefficient (Wildman–Crippen LogP) is 6.39. The zero-order valence-corrected chi connectivity index (χ0v) is 23.1. The number of unbranched alkanes of at least 4 members (excludes halogenated alkanes) is 3. The van der Waals surface area contributed by atoms with Gasteiger partial charge in [-0.1, -0.05) is 56.7 Å². The molecule has 0 saturated carbocycles. The highest BCUT2D eigenvalue weighted by molar-refractivity contribution is 5.78. The maximum absolute atomic E-state index is 13.5. The number of likely N-dealkylation sites (tertiary alicyclic amines) is 1. The lowest BCUT2D eigenvalue weighted by Crippen LogP contribution is -2.44. The number of allylic oxidation sites excluding steroid dienone is 2. The highest BCUT2D eigenvalue weighted by atomic mass is 16.7. The van der Waals surface area contributed by atoms with Gasteiger partial charge in [0.1, 0.15) is 0 Å². The van der Waals surface area contributed by atoms with Crippen LogP contribution in [0, 0.1) is 17.8 Å². The molecular weight excluding hydrogens is 448 g/mol. The monoisotopic (exact) mass is 494 g/mol. The van der Waals surface area contributed by atoms with Crippen molar-refractivity contribution in [3.05, 3.63) is 35.4 Å². The summed E-state index contributed by atoms with van der Waals surface area (Å²) in [5.41, 5.74) is 2.14. The van der Waals surface area contributed by atoms with Gasteiger partial charge in [-0.3, -0.25) is 9.69 Å². The first-order chi connectivity index (χ1) is 17.3. The Balaban J connectivity index is 1.80. The molecule has 5 heteroatoms. The fraction of sp³-hybridized carbons (Fsp3) is 0.645. The summed E-state index contributed by atoms with van der Waals surface area (Å²) in [7, 11) is 0. The van der Waals surface area contributed by atoms with Crippen molar-refractivity contribution in [1.29, 1.82) is 0 Å². The number of terminal acetylenes is 1. The lowest BCUT2D eigenvalue weighted by Gasteiger charge is -2.32. The van der Waals surface area contributed by atoms with Gasteiger partial charge in [0.05, 0.1) is 6.54 Å². The van der Waals surface area contributed by atoms with E-state index in [1.54, 1.807) is 0 Å². The minimum atomic E-state index is -0.336. The minimum Gasteiger partial charge on any atom is -0.454 e. The van der Waals surface area contributed by atoms with Crippen molar-refractivity contribution in [2.45, 2.75) is 91.5 Å². The maximum Gasteiger partial charge on any atom is 0.236 e. The van der Waals surface area contributed by atoms with Crippen LogP contribution < -0.4 is 9.47 Å². The molecule has 0 aromatic heterocycles. The Bertz CT molecular complexity index is 946. The third kappa shape index (κ3) is 7.53. The molecule has 5 nitrogen and oxygen atoms in total. The van der Waals surface area contributed by atoms with Gasteiger partial charge in [-0.15, -0.1) is 6.42 Å². The van der Waals surface area contributed by atoms with Gasteiger partial charge in [0.15, 0.2) is 11.5 Å². The first-order valence-electron chi connectivity index (χ1n) is 13.8. The van der Waals surface area contributed by atoms with Crippen molar-refractivity contribution < 1.29 is 14.3 Å². The number of rotatable bonds is 13. The summed E-state index contributed by atoms with van der Waals surface area (Å²) in [6, 6.07) is 6.51. The average Bonchev–Trinajstić information content (AvgIpc) is 3.47. The highest BCUT2D eigenvalue weighted by Crippen LogP contribution is 2.41. The fourth-order valence-corrected chi connectivity index (χ4v) is 5.62. The second-order valence-electron chi connectivity index (χ2n) is 11.1. The summed E-state index contributed by atoms with van der Waals surface area (Å²) < 4.78 is 11.2. The van der Waals surface area contributed by atoms with Crippen LogP contribution in [0.4, 0.5) is 0 Å². The Kier molecular flexibility index (Phi) is 10.3. The molecule has 0 radical (unpaired) electrons. The van der Waals surface area contributed by atoms with E-state index in [0.29, 0.717) is 12.5 Å². The molecular formula is C31H46N2O3. The van der Waals surface area contributed by atoms with Gasteiger partial charge >= 0.3 is 0 Å². The van der Waals surface area contributed by atoms with Gasteiger partial charge in [-0.05, 0) is 70.1 Å². The topological polar surface area (TPSA) is 42.0 Å². The lowest BCUT2D eigenvalue weighted by molar-refractivity contribution is -0.133. The van der Waals surface area contributed by atoms with Crippen molar-refractivity contribution >= 4 is 5.91 Å². The molecule has 1 saturated heterocycles. The first-order valence-corrected chi connectivity index (χ1v) is 13.8. The zero-order chi connectivity index (χ0) is 26.1. The molecule has 1 aromatic carbocycles. The SMILES string of the molecule is C#CC(C)(C=C(C)C)C[C@H]1C[C@@H](c2ccc3c(c2)OCO3)CN1CC(=O)N(CCCC)CCCCC. The van der Waals surface area contributed by atoms with Crippen molar-refractivity contribution in [2.75, 3.05) is 33.0 Å². The number of carbonyl (C=O) groups excluding carboxylic acids is 1. The minimum absolute atomic E-state index is 0.240. The van der Waals surface area contributed by atoms with E-state index in [1.165, 1.54) is 11.1 Å². The van der Waals surface area contributed by atoms with Crippen molar-refractivity contribution in [3.8, 4) is 23.8 Å². The fourth-order valence-electron chi connectivity index (χ4n) is 5.62. The Labute approximate surface area is 219 Å². The second kappa shape index (κ2) is 13.2. The molecule has 0 N–H and O–H groups in total. The lowest BCUT2D eigenvalue weighted by atomic mass is 9.81. The molecule has 2 heterocycles. The third-order valence-corrected chi connectivity index (χ3v) is 7.50. The van der Waals surface area contributed by atoms with Gasteiger partial charge in [-0.2, -0.15) is 0 Å². The number of carbonyl (C=O) groups is 1. The standard InChI is InChI=1S/C31H46N2O3/c1-7-10-12-16-32(15-11-8-2)30(34)22-33-21-26(25-13-14-28-29(18-25)36-23-35-28)17-27(33)20-31(6,9-3)19-24(4)5/h3,13-14,18-19,26-27H,7-8,10-12,15-17,20-23H2,1-2,4-6H3/t26-,27-,31?/m1/s1. The smallest absolute Gasteiger partial charge is 0.236 e. The van der Waals surface area contributed by atoms with Crippen LogP contribution in [0.1, 0.15) is 91.0 Å². The number of ether oxygens (including phenoxy) is 2. The van der Waals surface area contributed by atoms with E-state index in [4.69, 9.17) is 15.9 Å². The average molecular weight is 495 g/mol. The van der Waals surface area contributed by atoms with Crippen LogP contribution in [0.25, 0.3) is 0 Å². The van der Waals surface area contributed by atoms with Gasteiger partial charge < -0.3 is 14.4 Å². The van der Waals surface area contributed by atoms with Gasteiger partial charge in [-0.25, -0.2) is 0 Å². The number of hydrogen-bond donors (Lipinski definition) is 0. The summed E-state index contributed by atoms with van der Waals surface area (Å²) in [5.74, 6) is 5.25. The van der Waals surface area contributed by atoms with Crippen LogP contribution in [0.3, 0.4) is 0 Å². The molecule has 0 spiro atoms. The molecule has 1 fully saturated rings. The largest absolute Gasteiger partial charge is 0.454 e.